The van der Waals surface area contributed by atoms with Crippen LogP contribution in [0, 0.1) is 11.8 Å². The minimum atomic E-state index is -0.701. The van der Waals surface area contributed by atoms with Crippen LogP contribution in [0.5, 0.6) is 0 Å². The second-order valence-electron chi connectivity index (χ2n) is 6.77. The molecule has 0 saturated heterocycles. The van der Waals surface area contributed by atoms with Crippen LogP contribution < -0.4 is 0 Å². The van der Waals surface area contributed by atoms with Gasteiger partial charge in [-0.15, -0.1) is 0 Å². The highest BCUT2D eigenvalue weighted by Gasteiger charge is 2.32. The van der Waals surface area contributed by atoms with Crippen LogP contribution in [0.1, 0.15) is 55.4 Å². The van der Waals surface area contributed by atoms with Gasteiger partial charge in [0.15, 0.2) is 0 Å². The van der Waals surface area contributed by atoms with Crippen molar-refractivity contribution in [2.24, 2.45) is 11.8 Å². The predicted octanol–water partition coefficient (Wildman–Crippen LogP) is 2.81. The summed E-state index contributed by atoms with van der Waals surface area (Å²) in [5.74, 6) is -2.65. The maximum Gasteiger partial charge on any atom is 0.346 e. The van der Waals surface area contributed by atoms with Crippen LogP contribution in [0.3, 0.4) is 0 Å². The molecule has 0 aliphatic carbocycles. The smallest absolute Gasteiger partial charge is 0.297 e. The third-order valence-electron chi connectivity index (χ3n) is 2.24. The molecule has 0 aliphatic rings. The molecule has 0 rings (SSSR count). The monoisotopic (exact) mass is 290 g/mol. The number of hydrogen-bond donors (Lipinski definition) is 0. The van der Waals surface area contributed by atoms with E-state index < -0.39 is 35.0 Å². The summed E-state index contributed by atoms with van der Waals surface area (Å²) < 4.78 is 0. The Labute approximate surface area is 120 Å². The van der Waals surface area contributed by atoms with Gasteiger partial charge in [-0.25, -0.2) is 9.59 Å². The van der Waals surface area contributed by atoms with Gasteiger partial charge in [-0.1, -0.05) is 13.8 Å². The average molecular weight is 290 g/mol. The van der Waals surface area contributed by atoms with Crippen LogP contribution in [0.15, 0.2) is 0 Å². The van der Waals surface area contributed by atoms with Gasteiger partial charge < -0.3 is 0 Å². The largest absolute Gasteiger partial charge is 0.346 e. The van der Waals surface area contributed by atoms with Crippen LogP contribution in [-0.4, -0.2) is 23.1 Å². The Bertz CT molecular complexity index is 303. The molecule has 0 saturated carbocycles. The first-order valence-corrected chi connectivity index (χ1v) is 6.62. The third kappa shape index (κ3) is 8.12. The van der Waals surface area contributed by atoms with Gasteiger partial charge in [0.1, 0.15) is 11.2 Å². The average Bonchev–Trinajstić information content (AvgIpc) is 2.29. The first-order valence-electron chi connectivity index (χ1n) is 6.62. The maximum atomic E-state index is 11.7. The van der Waals surface area contributed by atoms with Gasteiger partial charge in [0.25, 0.3) is 0 Å². The standard InChI is InChI=1S/C14H26O6/c1-9(11(15)17-19-13(3,4)5)10(2)12(16)18-20-14(6,7)8/h9-10H,1-8H3. The normalized spacial score (nSPS) is 15.4. The first-order chi connectivity index (χ1) is 8.83. The highest BCUT2D eigenvalue weighted by atomic mass is 17.2. The summed E-state index contributed by atoms with van der Waals surface area (Å²) >= 11 is 0. The Morgan fingerprint density at radius 2 is 0.950 bits per heavy atom. The molecule has 0 heterocycles. The van der Waals surface area contributed by atoms with Crippen molar-refractivity contribution < 1.29 is 29.1 Å². The quantitative estimate of drug-likeness (QED) is 0.572. The van der Waals surface area contributed by atoms with Crippen molar-refractivity contribution in [3.05, 3.63) is 0 Å². The lowest BCUT2D eigenvalue weighted by atomic mass is 9.97. The van der Waals surface area contributed by atoms with E-state index in [4.69, 9.17) is 19.6 Å². The van der Waals surface area contributed by atoms with Gasteiger partial charge in [0, 0.05) is 0 Å². The van der Waals surface area contributed by atoms with Crippen molar-refractivity contribution in [1.29, 1.82) is 0 Å². The molecule has 0 aromatic rings. The Balaban J connectivity index is 4.35. The zero-order chi connectivity index (χ0) is 16.1. The van der Waals surface area contributed by atoms with Crippen LogP contribution in [-0.2, 0) is 29.1 Å². The van der Waals surface area contributed by atoms with E-state index >= 15 is 0 Å². The maximum absolute atomic E-state index is 11.7. The highest BCUT2D eigenvalue weighted by molar-refractivity contribution is 5.80. The molecule has 0 N–H and O–H groups in total. The van der Waals surface area contributed by atoms with E-state index in [1.165, 1.54) is 0 Å². The fourth-order valence-electron chi connectivity index (χ4n) is 0.892. The molecule has 6 heteroatoms. The Kier molecular flexibility index (Phi) is 6.64. The van der Waals surface area contributed by atoms with Crippen molar-refractivity contribution in [3.63, 3.8) is 0 Å². The highest BCUT2D eigenvalue weighted by Crippen LogP contribution is 2.18. The van der Waals surface area contributed by atoms with Crippen LogP contribution in [0.2, 0.25) is 0 Å². The second-order valence-corrected chi connectivity index (χ2v) is 6.77. The third-order valence-corrected chi connectivity index (χ3v) is 2.24. The van der Waals surface area contributed by atoms with Crippen molar-refractivity contribution in [2.45, 2.75) is 66.6 Å². The molecule has 0 aliphatic heterocycles. The fraction of sp³-hybridized carbons (Fsp3) is 0.857. The molecule has 0 spiro atoms. The van der Waals surface area contributed by atoms with Gasteiger partial charge in [0.05, 0.1) is 11.8 Å². The molecule has 0 amide bonds. The summed E-state index contributed by atoms with van der Waals surface area (Å²) in [6, 6.07) is 0. The second kappa shape index (κ2) is 7.04. The van der Waals surface area contributed by atoms with Crippen molar-refractivity contribution in [1.82, 2.24) is 0 Å². The molecular formula is C14H26O6. The molecular weight excluding hydrogens is 264 g/mol. The van der Waals surface area contributed by atoms with E-state index in [0.717, 1.165) is 0 Å². The lowest BCUT2D eigenvalue weighted by molar-refractivity contribution is -0.329. The minimum absolute atomic E-state index is 0.603. The first kappa shape index (κ1) is 18.9. The predicted molar refractivity (Wildman–Crippen MR) is 72.2 cm³/mol. The SMILES string of the molecule is CC(C(=O)OOC(C)(C)C)C(C)C(=O)OOC(C)(C)C. The Morgan fingerprint density at radius 3 is 1.15 bits per heavy atom. The number of carbonyl (C=O) groups excluding carboxylic acids is 2. The van der Waals surface area contributed by atoms with Gasteiger partial charge in [-0.3, -0.25) is 9.78 Å². The zero-order valence-corrected chi connectivity index (χ0v) is 13.6. The Hall–Kier alpha value is -1.14. The van der Waals surface area contributed by atoms with E-state index in [0.29, 0.717) is 0 Å². The lowest BCUT2D eigenvalue weighted by Gasteiger charge is -2.22. The number of carbonyl (C=O) groups is 2. The molecule has 0 fully saturated rings. The van der Waals surface area contributed by atoms with E-state index in [1.807, 2.05) is 0 Å². The van der Waals surface area contributed by atoms with Gasteiger partial charge in [-0.05, 0) is 41.5 Å². The Morgan fingerprint density at radius 1 is 0.700 bits per heavy atom. The molecule has 2 atom stereocenters. The molecule has 118 valence electrons. The zero-order valence-electron chi connectivity index (χ0n) is 13.6. The number of hydrogen-bond acceptors (Lipinski definition) is 6. The molecule has 0 bridgehead atoms. The lowest BCUT2D eigenvalue weighted by Crippen LogP contribution is -2.32. The van der Waals surface area contributed by atoms with E-state index in [-0.39, 0.29) is 0 Å². The molecule has 6 nitrogen and oxygen atoms in total. The molecule has 2 unspecified atom stereocenters. The summed E-state index contributed by atoms with van der Waals surface area (Å²) in [5.41, 5.74) is -1.21. The van der Waals surface area contributed by atoms with Crippen molar-refractivity contribution >= 4 is 11.9 Å². The summed E-state index contributed by atoms with van der Waals surface area (Å²) in [5, 5.41) is 0. The minimum Gasteiger partial charge on any atom is -0.297 e. The van der Waals surface area contributed by atoms with Gasteiger partial charge in [0.2, 0.25) is 0 Å². The fourth-order valence-corrected chi connectivity index (χ4v) is 0.892. The van der Waals surface area contributed by atoms with Crippen LogP contribution in [0.25, 0.3) is 0 Å². The van der Waals surface area contributed by atoms with Crippen LogP contribution >= 0.6 is 0 Å². The molecule has 0 aromatic heterocycles. The molecule has 0 aromatic carbocycles. The van der Waals surface area contributed by atoms with Gasteiger partial charge >= 0.3 is 11.9 Å². The van der Waals surface area contributed by atoms with E-state index in [2.05, 4.69) is 0 Å². The van der Waals surface area contributed by atoms with E-state index in [9.17, 15) is 9.59 Å². The molecule has 20 heavy (non-hydrogen) atoms. The van der Waals surface area contributed by atoms with Gasteiger partial charge in [-0.2, -0.15) is 9.78 Å². The summed E-state index contributed by atoms with van der Waals surface area (Å²) in [7, 11) is 0. The van der Waals surface area contributed by atoms with Crippen molar-refractivity contribution in [3.8, 4) is 0 Å². The van der Waals surface area contributed by atoms with Crippen molar-refractivity contribution in [2.75, 3.05) is 0 Å². The van der Waals surface area contributed by atoms with Crippen LogP contribution in [0.4, 0.5) is 0 Å². The topological polar surface area (TPSA) is 71.1 Å². The molecule has 0 radical (unpaired) electrons. The number of rotatable bonds is 5. The summed E-state index contributed by atoms with van der Waals surface area (Å²) in [6.45, 7) is 13.6. The summed E-state index contributed by atoms with van der Waals surface area (Å²) in [6.07, 6.45) is 0. The van der Waals surface area contributed by atoms with E-state index in [1.54, 1.807) is 55.4 Å². The summed E-state index contributed by atoms with van der Waals surface area (Å²) in [4.78, 5) is 42.7.